The molecule has 7 nitrogen and oxygen atoms in total. The van der Waals surface area contributed by atoms with Crippen LogP contribution in [0.5, 0.6) is 0 Å². The second-order valence-electron chi connectivity index (χ2n) is 10.0. The maximum atomic E-state index is 13.2. The minimum absolute atomic E-state index is 0.0801. The second-order valence-corrected chi connectivity index (χ2v) is 10.0. The summed E-state index contributed by atoms with van der Waals surface area (Å²) in [5, 5.41) is 12.3. The third-order valence-corrected chi connectivity index (χ3v) is 7.24. The predicted octanol–water partition coefficient (Wildman–Crippen LogP) is 4.26. The fourth-order valence-electron chi connectivity index (χ4n) is 5.23. The molecule has 2 aliphatic rings. The predicted molar refractivity (Wildman–Crippen MR) is 128 cm³/mol. The highest BCUT2D eigenvalue weighted by Gasteiger charge is 2.54. The van der Waals surface area contributed by atoms with E-state index in [0.29, 0.717) is 13.0 Å². The molecule has 1 heterocycles. The van der Waals surface area contributed by atoms with Gasteiger partial charge < -0.3 is 20.1 Å². The van der Waals surface area contributed by atoms with Gasteiger partial charge in [0.15, 0.2) is 0 Å². The molecule has 2 unspecified atom stereocenters. The zero-order chi connectivity index (χ0) is 24.6. The molecule has 0 aromatic heterocycles. The van der Waals surface area contributed by atoms with Gasteiger partial charge in [-0.25, -0.2) is 9.59 Å². The Balaban J connectivity index is 1.46. The van der Waals surface area contributed by atoms with E-state index in [1.165, 1.54) is 4.90 Å². The number of nitrogens with one attached hydrogen (secondary N) is 1. The molecular formula is C27H32N2O5. The van der Waals surface area contributed by atoms with Crippen LogP contribution < -0.4 is 5.32 Å². The maximum Gasteiger partial charge on any atom is 0.407 e. The van der Waals surface area contributed by atoms with Crippen LogP contribution in [-0.4, -0.2) is 53.2 Å². The van der Waals surface area contributed by atoms with E-state index in [4.69, 9.17) is 4.74 Å². The first-order valence-corrected chi connectivity index (χ1v) is 11.8. The van der Waals surface area contributed by atoms with Crippen molar-refractivity contribution in [1.29, 1.82) is 0 Å². The zero-order valence-electron chi connectivity index (χ0n) is 20.1. The van der Waals surface area contributed by atoms with Gasteiger partial charge in [0.2, 0.25) is 5.91 Å². The molecule has 0 bridgehead atoms. The summed E-state index contributed by atoms with van der Waals surface area (Å²) >= 11 is 0. The van der Waals surface area contributed by atoms with Crippen molar-refractivity contribution in [1.82, 2.24) is 10.2 Å². The molecular weight excluding hydrogens is 432 g/mol. The highest BCUT2D eigenvalue weighted by molar-refractivity contribution is 5.91. The van der Waals surface area contributed by atoms with Crippen LogP contribution in [0.3, 0.4) is 0 Å². The normalized spacial score (nSPS) is 19.9. The fraction of sp³-hybridized carbons (Fsp3) is 0.444. The van der Waals surface area contributed by atoms with Crippen molar-refractivity contribution in [3.63, 3.8) is 0 Å². The standard InChI is InChI=1S/C27H32N2O5/c1-5-16(2)22(24(30)29-15-27(3,4)23(29)25(31)32)28-26(33)34-14-21-19-12-8-6-10-17(19)18-11-7-9-13-20(18)21/h6-13,16,21-23H,5,14-15H2,1-4H3,(H,28,33)(H,31,32)/t16?,22-,23?/m0/s1. The van der Waals surface area contributed by atoms with E-state index in [9.17, 15) is 19.5 Å². The first-order valence-electron chi connectivity index (χ1n) is 11.8. The molecule has 1 saturated heterocycles. The van der Waals surface area contributed by atoms with Crippen molar-refractivity contribution in [2.24, 2.45) is 11.3 Å². The van der Waals surface area contributed by atoms with Crippen LogP contribution in [0.25, 0.3) is 11.1 Å². The second kappa shape index (κ2) is 9.12. The Morgan fingerprint density at radius 3 is 2.15 bits per heavy atom. The first-order chi connectivity index (χ1) is 16.2. The van der Waals surface area contributed by atoms with Gasteiger partial charge >= 0.3 is 12.1 Å². The van der Waals surface area contributed by atoms with Gasteiger partial charge in [0.1, 0.15) is 18.7 Å². The molecule has 0 spiro atoms. The van der Waals surface area contributed by atoms with Crippen LogP contribution in [0.1, 0.15) is 51.2 Å². The number of amides is 2. The van der Waals surface area contributed by atoms with E-state index >= 15 is 0 Å². The molecule has 2 N–H and O–H groups in total. The maximum absolute atomic E-state index is 13.2. The van der Waals surface area contributed by atoms with Crippen LogP contribution in [0.4, 0.5) is 4.79 Å². The summed E-state index contributed by atoms with van der Waals surface area (Å²) in [4.78, 5) is 39.1. The Hall–Kier alpha value is -3.35. The summed E-state index contributed by atoms with van der Waals surface area (Å²) in [7, 11) is 0. The third-order valence-electron chi connectivity index (χ3n) is 7.24. The lowest BCUT2D eigenvalue weighted by Crippen LogP contribution is -2.70. The van der Waals surface area contributed by atoms with Gasteiger partial charge in [-0.15, -0.1) is 0 Å². The van der Waals surface area contributed by atoms with E-state index in [0.717, 1.165) is 22.3 Å². The number of rotatable bonds is 7. The van der Waals surface area contributed by atoms with E-state index in [-0.39, 0.29) is 24.3 Å². The molecule has 1 fully saturated rings. The van der Waals surface area contributed by atoms with Gasteiger partial charge in [0.25, 0.3) is 0 Å². The highest BCUT2D eigenvalue weighted by atomic mass is 16.5. The minimum atomic E-state index is -1.03. The number of carbonyl (C=O) groups excluding carboxylic acids is 2. The summed E-state index contributed by atoms with van der Waals surface area (Å²) < 4.78 is 5.62. The summed E-state index contributed by atoms with van der Waals surface area (Å²) in [6.45, 7) is 7.93. The molecule has 0 saturated carbocycles. The molecule has 1 aliphatic carbocycles. The van der Waals surface area contributed by atoms with E-state index < -0.39 is 29.6 Å². The Morgan fingerprint density at radius 2 is 1.65 bits per heavy atom. The first kappa shape index (κ1) is 23.8. The Bertz CT molecular complexity index is 1070. The Kier molecular flexibility index (Phi) is 6.39. The van der Waals surface area contributed by atoms with Crippen LogP contribution in [0.15, 0.2) is 48.5 Å². The number of ether oxygens (including phenoxy) is 1. The number of carboxylic acid groups (broad SMARTS) is 1. The summed E-state index contributed by atoms with van der Waals surface area (Å²) in [5.41, 5.74) is 3.99. The van der Waals surface area contributed by atoms with Crippen LogP contribution >= 0.6 is 0 Å². The van der Waals surface area contributed by atoms with Crippen molar-refractivity contribution in [3.8, 4) is 11.1 Å². The number of aliphatic carboxylic acids is 1. The van der Waals surface area contributed by atoms with Crippen molar-refractivity contribution >= 4 is 18.0 Å². The van der Waals surface area contributed by atoms with Crippen LogP contribution in [0, 0.1) is 11.3 Å². The molecule has 180 valence electrons. The molecule has 4 rings (SSSR count). The SMILES string of the molecule is CCC(C)[C@H](NC(=O)OCC1c2ccccc2-c2ccccc21)C(=O)N1CC(C)(C)C1C(=O)O. The monoisotopic (exact) mass is 464 g/mol. The number of nitrogens with zero attached hydrogens (tertiary/aromatic N) is 1. The highest BCUT2D eigenvalue weighted by Crippen LogP contribution is 2.44. The van der Waals surface area contributed by atoms with Crippen molar-refractivity contribution in [2.75, 3.05) is 13.2 Å². The lowest BCUT2D eigenvalue weighted by Gasteiger charge is -2.52. The minimum Gasteiger partial charge on any atom is -0.480 e. The van der Waals surface area contributed by atoms with E-state index in [2.05, 4.69) is 17.4 Å². The van der Waals surface area contributed by atoms with E-state index in [1.807, 2.05) is 64.1 Å². The Labute approximate surface area is 200 Å². The lowest BCUT2D eigenvalue weighted by atomic mass is 9.74. The summed E-state index contributed by atoms with van der Waals surface area (Å²) in [6.07, 6.45) is -0.0261. The number of hydrogen-bond donors (Lipinski definition) is 2. The topological polar surface area (TPSA) is 95.9 Å². The molecule has 1 aliphatic heterocycles. The number of hydrogen-bond acceptors (Lipinski definition) is 4. The number of alkyl carbamates (subject to hydrolysis) is 1. The van der Waals surface area contributed by atoms with Crippen molar-refractivity contribution in [2.45, 2.75) is 52.1 Å². The largest absolute Gasteiger partial charge is 0.480 e. The number of benzene rings is 2. The van der Waals surface area contributed by atoms with Gasteiger partial charge in [-0.3, -0.25) is 4.79 Å². The smallest absolute Gasteiger partial charge is 0.407 e. The number of fused-ring (bicyclic) bond motifs is 3. The molecule has 2 amide bonds. The average molecular weight is 465 g/mol. The van der Waals surface area contributed by atoms with E-state index in [1.54, 1.807) is 0 Å². The number of likely N-dealkylation sites (tertiary alicyclic amines) is 1. The van der Waals surface area contributed by atoms with Crippen molar-refractivity contribution < 1.29 is 24.2 Å². The van der Waals surface area contributed by atoms with Gasteiger partial charge in [-0.1, -0.05) is 82.6 Å². The van der Waals surface area contributed by atoms with Gasteiger partial charge in [-0.2, -0.15) is 0 Å². The van der Waals surface area contributed by atoms with Crippen LogP contribution in [-0.2, 0) is 14.3 Å². The molecule has 0 radical (unpaired) electrons. The quantitative estimate of drug-likeness (QED) is 0.638. The van der Waals surface area contributed by atoms with Gasteiger partial charge in [0.05, 0.1) is 0 Å². The molecule has 2 aromatic carbocycles. The molecule has 2 aromatic rings. The molecule has 34 heavy (non-hydrogen) atoms. The van der Waals surface area contributed by atoms with Gasteiger partial charge in [-0.05, 0) is 28.2 Å². The average Bonchev–Trinajstić information content (AvgIpc) is 3.12. The third kappa shape index (κ3) is 4.15. The number of carbonyl (C=O) groups is 3. The number of carboxylic acids is 1. The molecule has 7 heteroatoms. The lowest BCUT2D eigenvalue weighted by molar-refractivity contribution is -0.173. The summed E-state index contributed by atoms with van der Waals surface area (Å²) in [6, 6.07) is 14.4. The fourth-order valence-corrected chi connectivity index (χ4v) is 5.23. The zero-order valence-corrected chi connectivity index (χ0v) is 20.1. The molecule has 3 atom stereocenters. The summed E-state index contributed by atoms with van der Waals surface area (Å²) in [5.74, 6) is -1.67. The van der Waals surface area contributed by atoms with Crippen molar-refractivity contribution in [3.05, 3.63) is 59.7 Å². The Morgan fingerprint density at radius 1 is 1.09 bits per heavy atom. The van der Waals surface area contributed by atoms with Crippen LogP contribution in [0.2, 0.25) is 0 Å². The van der Waals surface area contributed by atoms with Gasteiger partial charge in [0, 0.05) is 17.9 Å².